The van der Waals surface area contributed by atoms with Gasteiger partial charge in [0.15, 0.2) is 0 Å². The number of hydrogen-bond donors (Lipinski definition) is 0. The van der Waals surface area contributed by atoms with Gasteiger partial charge >= 0.3 is 0 Å². The predicted molar refractivity (Wildman–Crippen MR) is 58.7 cm³/mol. The average Bonchev–Trinajstić information content (AvgIpc) is 2.95. The molecule has 6 heteroatoms. The molecule has 0 N–H and O–H groups in total. The van der Waals surface area contributed by atoms with Gasteiger partial charge in [0, 0.05) is 17.8 Å². The second-order valence-electron chi connectivity index (χ2n) is 4.36. The van der Waals surface area contributed by atoms with Gasteiger partial charge in [0.05, 0.1) is 18.8 Å². The highest BCUT2D eigenvalue weighted by Gasteiger charge is 2.54. The molecular weight excluding hydrogens is 240 g/mol. The van der Waals surface area contributed by atoms with Crippen LogP contribution in [0, 0.1) is 11.6 Å². The maximum atomic E-state index is 13.8. The van der Waals surface area contributed by atoms with Crippen molar-refractivity contribution >= 4 is 0 Å². The first-order chi connectivity index (χ1) is 8.63. The molecule has 2 heterocycles. The summed E-state index contributed by atoms with van der Waals surface area (Å²) < 4.78 is 33.8. The fourth-order valence-electron chi connectivity index (χ4n) is 2.17. The van der Waals surface area contributed by atoms with E-state index in [4.69, 9.17) is 4.74 Å². The molecule has 3 rings (SSSR count). The van der Waals surface area contributed by atoms with E-state index in [9.17, 15) is 8.78 Å². The topological polar surface area (TPSA) is 43.2 Å². The zero-order valence-electron chi connectivity index (χ0n) is 9.68. The van der Waals surface area contributed by atoms with Crippen LogP contribution in [0.1, 0.15) is 18.5 Å². The van der Waals surface area contributed by atoms with Crippen molar-refractivity contribution in [2.24, 2.45) is 0 Å². The third kappa shape index (κ3) is 1.60. The number of rotatable bonds is 3. The van der Waals surface area contributed by atoms with Gasteiger partial charge < -0.3 is 4.74 Å². The van der Waals surface area contributed by atoms with Crippen molar-refractivity contribution < 1.29 is 13.5 Å². The summed E-state index contributed by atoms with van der Waals surface area (Å²) >= 11 is 0. The first-order valence-electron chi connectivity index (χ1n) is 5.59. The summed E-state index contributed by atoms with van der Waals surface area (Å²) in [7, 11) is 0. The number of hydrogen-bond acceptors (Lipinski definition) is 3. The molecule has 0 amide bonds. The highest BCUT2D eigenvalue weighted by Crippen LogP contribution is 2.48. The summed E-state index contributed by atoms with van der Waals surface area (Å²) in [5.74, 6) is -1.19. The second-order valence-corrected chi connectivity index (χ2v) is 4.36. The molecule has 1 aliphatic rings. The second kappa shape index (κ2) is 3.84. The van der Waals surface area contributed by atoms with E-state index in [1.165, 1.54) is 12.1 Å². The van der Waals surface area contributed by atoms with Crippen molar-refractivity contribution in [2.75, 3.05) is 6.61 Å². The Balaban J connectivity index is 2.00. The molecule has 1 fully saturated rings. The van der Waals surface area contributed by atoms with E-state index in [1.54, 1.807) is 17.1 Å². The molecule has 1 aromatic heterocycles. The summed E-state index contributed by atoms with van der Waals surface area (Å²) in [6.45, 7) is 2.25. The highest BCUT2D eigenvalue weighted by molar-refractivity contribution is 5.30. The lowest BCUT2D eigenvalue weighted by molar-refractivity contribution is 0.213. The fraction of sp³-hybridized carbons (Fsp3) is 0.333. The molecule has 1 unspecified atom stereocenters. The first kappa shape index (κ1) is 11.3. The molecule has 2 atom stereocenters. The van der Waals surface area contributed by atoms with Crippen LogP contribution in [0.25, 0.3) is 0 Å². The average molecular weight is 251 g/mol. The Labute approximate surface area is 102 Å². The van der Waals surface area contributed by atoms with E-state index in [-0.39, 0.29) is 6.04 Å². The van der Waals surface area contributed by atoms with Gasteiger partial charge in [0.2, 0.25) is 0 Å². The molecule has 1 aliphatic heterocycles. The van der Waals surface area contributed by atoms with Crippen LogP contribution >= 0.6 is 0 Å². The van der Waals surface area contributed by atoms with Crippen LogP contribution in [0.15, 0.2) is 30.6 Å². The Morgan fingerprint density at radius 3 is 2.78 bits per heavy atom. The molecule has 0 radical (unpaired) electrons. The number of halogens is 2. The quantitative estimate of drug-likeness (QED) is 0.784. The number of aromatic nitrogens is 3. The monoisotopic (exact) mass is 251 g/mol. The molecule has 0 spiro atoms. The van der Waals surface area contributed by atoms with E-state index in [1.807, 2.05) is 6.92 Å². The number of benzene rings is 1. The van der Waals surface area contributed by atoms with Crippen LogP contribution in [-0.2, 0) is 10.3 Å². The highest BCUT2D eigenvalue weighted by atomic mass is 19.1. The molecular formula is C12H11F2N3O. The van der Waals surface area contributed by atoms with Crippen LogP contribution < -0.4 is 0 Å². The zero-order valence-corrected chi connectivity index (χ0v) is 9.68. The van der Waals surface area contributed by atoms with E-state index < -0.39 is 17.2 Å². The molecule has 2 aromatic rings. The van der Waals surface area contributed by atoms with E-state index in [0.29, 0.717) is 12.2 Å². The number of nitrogens with zero attached hydrogens (tertiary/aromatic N) is 3. The fourth-order valence-corrected chi connectivity index (χ4v) is 2.17. The number of epoxide rings is 1. The maximum Gasteiger partial charge on any atom is 0.141 e. The standard InChI is InChI=1S/C12H11F2N3O/c1-8(17-5-4-15-16-17)12(7-18-12)10-3-2-9(13)6-11(10)14/h2-6,8H,7H2,1H3/t8?,12-/m1/s1. The number of ether oxygens (including phenoxy) is 1. The third-order valence-corrected chi connectivity index (χ3v) is 3.36. The molecule has 94 valence electrons. The van der Waals surface area contributed by atoms with Crippen molar-refractivity contribution in [3.05, 3.63) is 47.8 Å². The predicted octanol–water partition coefficient (Wildman–Crippen LogP) is 2.04. The Kier molecular flexibility index (Phi) is 2.41. The van der Waals surface area contributed by atoms with Gasteiger partial charge in [-0.25, -0.2) is 13.5 Å². The minimum Gasteiger partial charge on any atom is -0.362 e. The Morgan fingerprint density at radius 2 is 2.22 bits per heavy atom. The van der Waals surface area contributed by atoms with Crippen molar-refractivity contribution in [3.63, 3.8) is 0 Å². The molecule has 0 bridgehead atoms. The minimum absolute atomic E-state index is 0.208. The van der Waals surface area contributed by atoms with E-state index in [2.05, 4.69) is 10.3 Å². The van der Waals surface area contributed by atoms with Crippen molar-refractivity contribution in [3.8, 4) is 0 Å². The lowest BCUT2D eigenvalue weighted by atomic mass is 9.92. The molecule has 0 aliphatic carbocycles. The zero-order chi connectivity index (χ0) is 12.8. The molecule has 18 heavy (non-hydrogen) atoms. The molecule has 4 nitrogen and oxygen atoms in total. The summed E-state index contributed by atoms with van der Waals surface area (Å²) in [5.41, 5.74) is -0.419. The van der Waals surface area contributed by atoms with Gasteiger partial charge in [-0.2, -0.15) is 0 Å². The smallest absolute Gasteiger partial charge is 0.141 e. The van der Waals surface area contributed by atoms with Crippen LogP contribution in [0.2, 0.25) is 0 Å². The Hall–Kier alpha value is -1.82. The molecule has 1 aromatic carbocycles. The third-order valence-electron chi connectivity index (χ3n) is 3.36. The van der Waals surface area contributed by atoms with E-state index in [0.717, 1.165) is 6.07 Å². The van der Waals surface area contributed by atoms with E-state index >= 15 is 0 Å². The van der Waals surface area contributed by atoms with Crippen LogP contribution in [-0.4, -0.2) is 21.6 Å². The van der Waals surface area contributed by atoms with Crippen molar-refractivity contribution in [1.29, 1.82) is 0 Å². The lowest BCUT2D eigenvalue weighted by Crippen LogP contribution is -2.25. The largest absolute Gasteiger partial charge is 0.362 e. The SMILES string of the molecule is CC(n1ccnn1)[C@@]1(c2ccc(F)cc2F)CO1. The first-order valence-corrected chi connectivity index (χ1v) is 5.59. The van der Waals surface area contributed by atoms with Gasteiger partial charge in [-0.1, -0.05) is 11.3 Å². The normalized spacial score (nSPS) is 23.9. The molecule has 1 saturated heterocycles. The summed E-state index contributed by atoms with van der Waals surface area (Å²) in [6.07, 6.45) is 3.24. The van der Waals surface area contributed by atoms with Gasteiger partial charge in [0.25, 0.3) is 0 Å². The Bertz CT molecular complexity index is 567. The minimum atomic E-state index is -0.772. The van der Waals surface area contributed by atoms with Gasteiger partial charge in [0.1, 0.15) is 17.2 Å². The summed E-state index contributed by atoms with van der Waals surface area (Å²) in [4.78, 5) is 0. The van der Waals surface area contributed by atoms with Crippen LogP contribution in [0.4, 0.5) is 8.78 Å². The maximum absolute atomic E-state index is 13.8. The van der Waals surface area contributed by atoms with Crippen molar-refractivity contribution in [1.82, 2.24) is 15.0 Å². The van der Waals surface area contributed by atoms with Crippen LogP contribution in [0.5, 0.6) is 0 Å². The van der Waals surface area contributed by atoms with Gasteiger partial charge in [-0.15, -0.1) is 5.10 Å². The summed E-state index contributed by atoms with van der Waals surface area (Å²) in [5, 5.41) is 7.60. The lowest BCUT2D eigenvalue weighted by Gasteiger charge is -2.21. The van der Waals surface area contributed by atoms with Crippen LogP contribution in [0.3, 0.4) is 0 Å². The van der Waals surface area contributed by atoms with Crippen molar-refractivity contribution in [2.45, 2.75) is 18.6 Å². The summed E-state index contributed by atoms with van der Waals surface area (Å²) in [6, 6.07) is 3.31. The Morgan fingerprint density at radius 1 is 1.44 bits per heavy atom. The van der Waals surface area contributed by atoms with Gasteiger partial charge in [-0.3, -0.25) is 0 Å². The molecule has 0 saturated carbocycles. The van der Waals surface area contributed by atoms with Gasteiger partial charge in [-0.05, 0) is 13.0 Å².